The summed E-state index contributed by atoms with van der Waals surface area (Å²) in [6.45, 7) is 1.46. The molecule has 0 aromatic carbocycles. The van der Waals surface area contributed by atoms with Crippen LogP contribution in [0.1, 0.15) is 0 Å². The monoisotopic (exact) mass is 251 g/mol. The van der Waals surface area contributed by atoms with Crippen molar-refractivity contribution in [3.8, 4) is 0 Å². The zero-order chi connectivity index (χ0) is 12.2. The summed E-state index contributed by atoms with van der Waals surface area (Å²) in [4.78, 5) is 23.1. The number of carboxylic acids is 1. The van der Waals surface area contributed by atoms with Gasteiger partial charge >= 0.3 is 5.97 Å². The number of carbonyl (C=O) groups is 2. The van der Waals surface area contributed by atoms with Gasteiger partial charge in [-0.25, -0.2) is 8.42 Å². The molecule has 1 saturated heterocycles. The number of amides is 1. The second-order valence-corrected chi connectivity index (χ2v) is 5.48. The lowest BCUT2D eigenvalue weighted by atomic mass is 10.4. The van der Waals surface area contributed by atoms with Gasteiger partial charge in [-0.1, -0.05) is 0 Å². The first-order valence-corrected chi connectivity index (χ1v) is 6.50. The van der Waals surface area contributed by atoms with Crippen LogP contribution in [0.5, 0.6) is 0 Å². The molecule has 1 aliphatic rings. The molecule has 92 valence electrons. The van der Waals surface area contributed by atoms with Crippen molar-refractivity contribution < 1.29 is 27.9 Å². The normalized spacial score (nSPS) is 17.1. The Labute approximate surface area is 92.9 Å². The van der Waals surface area contributed by atoms with E-state index in [2.05, 4.69) is 0 Å². The van der Waals surface area contributed by atoms with Gasteiger partial charge in [0.05, 0.1) is 13.2 Å². The van der Waals surface area contributed by atoms with Crippen LogP contribution in [0.2, 0.25) is 0 Å². The van der Waals surface area contributed by atoms with E-state index in [1.54, 1.807) is 0 Å². The maximum absolute atomic E-state index is 11.5. The standard InChI is InChI=1S/C8H13NO6S/c10-7(9-1-3-15-4-2-9)5-16(13,14)6-8(11)12/h1-6H2,(H,11,12). The van der Waals surface area contributed by atoms with E-state index in [9.17, 15) is 18.0 Å². The minimum atomic E-state index is -3.86. The van der Waals surface area contributed by atoms with Crippen molar-refractivity contribution in [1.29, 1.82) is 0 Å². The van der Waals surface area contributed by atoms with E-state index in [0.717, 1.165) is 0 Å². The Morgan fingerprint density at radius 2 is 1.75 bits per heavy atom. The van der Waals surface area contributed by atoms with Crippen molar-refractivity contribution in [2.45, 2.75) is 0 Å². The number of sulfone groups is 1. The summed E-state index contributed by atoms with van der Waals surface area (Å²) in [6.07, 6.45) is 0. The molecule has 0 unspecified atom stereocenters. The van der Waals surface area contributed by atoms with Crippen molar-refractivity contribution in [2.75, 3.05) is 37.8 Å². The molecule has 8 heteroatoms. The van der Waals surface area contributed by atoms with Gasteiger partial charge in [-0.3, -0.25) is 9.59 Å². The zero-order valence-corrected chi connectivity index (χ0v) is 9.40. The number of hydrogen-bond donors (Lipinski definition) is 1. The first-order chi connectivity index (χ1) is 7.41. The van der Waals surface area contributed by atoms with Crippen LogP contribution in [-0.2, 0) is 24.2 Å². The SMILES string of the molecule is O=C(O)CS(=O)(=O)CC(=O)N1CCOCC1. The van der Waals surface area contributed by atoms with Gasteiger partial charge in [-0.15, -0.1) is 0 Å². The van der Waals surface area contributed by atoms with Crippen molar-refractivity contribution >= 4 is 21.7 Å². The van der Waals surface area contributed by atoms with Gasteiger partial charge in [0.15, 0.2) is 9.84 Å². The number of ether oxygens (including phenoxy) is 1. The van der Waals surface area contributed by atoms with E-state index in [4.69, 9.17) is 9.84 Å². The van der Waals surface area contributed by atoms with E-state index in [0.29, 0.717) is 26.3 Å². The molecule has 0 aromatic heterocycles. The number of morpholine rings is 1. The molecule has 0 radical (unpaired) electrons. The highest BCUT2D eigenvalue weighted by Gasteiger charge is 2.25. The van der Waals surface area contributed by atoms with Crippen LogP contribution in [0.4, 0.5) is 0 Å². The van der Waals surface area contributed by atoms with Crippen LogP contribution >= 0.6 is 0 Å². The summed E-state index contributed by atoms with van der Waals surface area (Å²) in [5.41, 5.74) is 0. The molecule has 0 bridgehead atoms. The van der Waals surface area contributed by atoms with E-state index < -0.39 is 33.2 Å². The average Bonchev–Trinajstić information content (AvgIpc) is 2.16. The molecule has 7 nitrogen and oxygen atoms in total. The fraction of sp³-hybridized carbons (Fsp3) is 0.750. The first kappa shape index (κ1) is 12.9. The van der Waals surface area contributed by atoms with Crippen LogP contribution in [-0.4, -0.2) is 68.1 Å². The van der Waals surface area contributed by atoms with Crippen LogP contribution in [0, 0.1) is 0 Å². The van der Waals surface area contributed by atoms with Crippen LogP contribution in [0.25, 0.3) is 0 Å². The van der Waals surface area contributed by atoms with Crippen LogP contribution in [0.3, 0.4) is 0 Å². The van der Waals surface area contributed by atoms with Gasteiger partial charge in [-0.05, 0) is 0 Å². The molecule has 0 atom stereocenters. The van der Waals surface area contributed by atoms with Crippen LogP contribution < -0.4 is 0 Å². The molecule has 0 saturated carbocycles. The maximum atomic E-state index is 11.5. The molecular formula is C8H13NO6S. The summed E-state index contributed by atoms with van der Waals surface area (Å²) in [5, 5.41) is 8.35. The topological polar surface area (TPSA) is 101 Å². The van der Waals surface area contributed by atoms with E-state index in [-0.39, 0.29) is 0 Å². The Morgan fingerprint density at radius 1 is 1.19 bits per heavy atom. The first-order valence-electron chi connectivity index (χ1n) is 4.68. The third kappa shape index (κ3) is 4.15. The minimum Gasteiger partial charge on any atom is -0.480 e. The van der Waals surface area contributed by atoms with Gasteiger partial charge in [0.2, 0.25) is 5.91 Å². The third-order valence-corrected chi connectivity index (χ3v) is 3.42. The minimum absolute atomic E-state index is 0.349. The summed E-state index contributed by atoms with van der Waals surface area (Å²) in [5.74, 6) is -3.78. The summed E-state index contributed by atoms with van der Waals surface area (Å²) in [7, 11) is -3.86. The van der Waals surface area contributed by atoms with Gasteiger partial charge in [0.1, 0.15) is 11.5 Å². The second-order valence-electron chi connectivity index (χ2n) is 3.42. The van der Waals surface area contributed by atoms with Crippen LogP contribution in [0.15, 0.2) is 0 Å². The Kier molecular flexibility index (Phi) is 4.25. The van der Waals surface area contributed by atoms with Crippen molar-refractivity contribution in [3.63, 3.8) is 0 Å². The highest BCUT2D eigenvalue weighted by atomic mass is 32.2. The fourth-order valence-electron chi connectivity index (χ4n) is 1.33. The number of rotatable bonds is 4. The largest absolute Gasteiger partial charge is 0.480 e. The highest BCUT2D eigenvalue weighted by molar-refractivity contribution is 7.92. The van der Waals surface area contributed by atoms with E-state index in [1.807, 2.05) is 0 Å². The fourth-order valence-corrected chi connectivity index (χ4v) is 2.37. The lowest BCUT2D eigenvalue weighted by Crippen LogP contribution is -2.43. The van der Waals surface area contributed by atoms with E-state index >= 15 is 0 Å². The quantitative estimate of drug-likeness (QED) is 0.642. The lowest BCUT2D eigenvalue weighted by molar-refractivity contribution is -0.134. The van der Waals surface area contributed by atoms with Crippen molar-refractivity contribution in [3.05, 3.63) is 0 Å². The molecular weight excluding hydrogens is 238 g/mol. The average molecular weight is 251 g/mol. The van der Waals surface area contributed by atoms with Gasteiger partial charge in [-0.2, -0.15) is 0 Å². The third-order valence-electron chi connectivity index (χ3n) is 2.05. The van der Waals surface area contributed by atoms with Crippen molar-refractivity contribution in [1.82, 2.24) is 4.90 Å². The molecule has 1 heterocycles. The Morgan fingerprint density at radius 3 is 2.25 bits per heavy atom. The molecule has 1 amide bonds. The predicted octanol–water partition coefficient (Wildman–Crippen LogP) is -1.66. The molecule has 1 N–H and O–H groups in total. The molecule has 0 aliphatic carbocycles. The summed E-state index contributed by atoms with van der Waals surface area (Å²) < 4.78 is 27.5. The van der Waals surface area contributed by atoms with Gasteiger partial charge < -0.3 is 14.7 Å². The smallest absolute Gasteiger partial charge is 0.318 e. The number of nitrogens with zero attached hydrogens (tertiary/aromatic N) is 1. The Balaban J connectivity index is 2.52. The summed E-state index contributed by atoms with van der Waals surface area (Å²) in [6, 6.07) is 0. The number of carboxylic acid groups (broad SMARTS) is 1. The van der Waals surface area contributed by atoms with Gasteiger partial charge in [0.25, 0.3) is 0 Å². The summed E-state index contributed by atoms with van der Waals surface area (Å²) >= 11 is 0. The molecule has 16 heavy (non-hydrogen) atoms. The maximum Gasteiger partial charge on any atom is 0.318 e. The predicted molar refractivity (Wildman–Crippen MR) is 53.7 cm³/mol. The van der Waals surface area contributed by atoms with E-state index in [1.165, 1.54) is 4.90 Å². The number of carbonyl (C=O) groups excluding carboxylic acids is 1. The lowest BCUT2D eigenvalue weighted by Gasteiger charge is -2.26. The molecule has 1 fully saturated rings. The Hall–Kier alpha value is -1.15. The van der Waals surface area contributed by atoms with Crippen molar-refractivity contribution in [2.24, 2.45) is 0 Å². The molecule has 1 aliphatic heterocycles. The molecule has 1 rings (SSSR count). The van der Waals surface area contributed by atoms with Gasteiger partial charge in [0, 0.05) is 13.1 Å². The zero-order valence-electron chi connectivity index (χ0n) is 8.59. The Bertz CT molecular complexity index is 370. The number of hydrogen-bond acceptors (Lipinski definition) is 5. The molecule has 0 spiro atoms. The number of aliphatic carboxylic acids is 1. The highest BCUT2D eigenvalue weighted by Crippen LogP contribution is 2.00. The molecule has 0 aromatic rings. The second kappa shape index (κ2) is 5.26.